The molecule has 2 aliphatic carbocycles. The van der Waals surface area contributed by atoms with Crippen LogP contribution in [0.3, 0.4) is 0 Å². The van der Waals surface area contributed by atoms with E-state index in [-0.39, 0.29) is 26.2 Å². The Kier molecular flexibility index (Phi) is 11.0. The molecule has 0 spiro atoms. The number of hydrogen-bond donors (Lipinski definition) is 2. The van der Waals surface area contributed by atoms with E-state index in [1.165, 1.54) is 48.4 Å². The average Bonchev–Trinajstić information content (AvgIpc) is 3.21. The molecule has 3 unspecified atom stereocenters. The van der Waals surface area contributed by atoms with Crippen molar-refractivity contribution >= 4 is 10.8 Å². The average molecular weight is 611 g/mol. The summed E-state index contributed by atoms with van der Waals surface area (Å²) in [7, 11) is 1.00. The van der Waals surface area contributed by atoms with E-state index in [0.717, 1.165) is 30.7 Å². The molecule has 2 aromatic carbocycles. The van der Waals surface area contributed by atoms with Crippen LogP contribution in [0.4, 0.5) is 0 Å². The number of aromatic nitrogens is 1. The summed E-state index contributed by atoms with van der Waals surface area (Å²) in [5.41, 5.74) is 3.41. The second kappa shape index (κ2) is 13.2. The number of aliphatic hydroxyl groups is 2. The minimum Gasteiger partial charge on any atom is -0.400 e. The molecule has 0 saturated heterocycles. The standard InChI is InChI=1S/C18H16N.C9H16O.CH4O.Ir/c1-13(2)16-9-8-14-10-11-19-18(17(14)12-16)15-6-4-3-5-7-15;10-9-6-5-7-3-1-2-4-8(7)9;1-2;/h3-6,8-13H,1-2H3;7-10H,1-6H2;2H,1H3;/q-1;;;. The summed E-state index contributed by atoms with van der Waals surface area (Å²) in [6, 6.07) is 20.0. The van der Waals surface area contributed by atoms with Crippen LogP contribution in [0.5, 0.6) is 0 Å². The first-order valence-corrected chi connectivity index (χ1v) is 11.6. The van der Waals surface area contributed by atoms with Gasteiger partial charge in [-0.3, -0.25) is 0 Å². The van der Waals surface area contributed by atoms with Gasteiger partial charge < -0.3 is 15.2 Å². The van der Waals surface area contributed by atoms with Gasteiger partial charge in [-0.25, -0.2) is 0 Å². The van der Waals surface area contributed by atoms with Crippen molar-refractivity contribution < 1.29 is 30.3 Å². The Morgan fingerprint density at radius 2 is 1.75 bits per heavy atom. The van der Waals surface area contributed by atoms with Gasteiger partial charge in [0.2, 0.25) is 0 Å². The number of hydrogen-bond acceptors (Lipinski definition) is 3. The van der Waals surface area contributed by atoms with Crippen LogP contribution in [0.1, 0.15) is 63.9 Å². The fraction of sp³-hybridized carbons (Fsp3) is 0.464. The van der Waals surface area contributed by atoms with Gasteiger partial charge in [-0.2, -0.15) is 0 Å². The normalized spacial score (nSPS) is 21.5. The van der Waals surface area contributed by atoms with E-state index in [9.17, 15) is 5.11 Å². The van der Waals surface area contributed by atoms with Crippen molar-refractivity contribution in [3.63, 3.8) is 0 Å². The smallest absolute Gasteiger partial charge is 0.0571 e. The Morgan fingerprint density at radius 1 is 0.969 bits per heavy atom. The fourth-order valence-corrected chi connectivity index (χ4v) is 5.00. The van der Waals surface area contributed by atoms with Crippen molar-refractivity contribution in [2.45, 2.75) is 64.4 Å². The van der Waals surface area contributed by atoms with Crippen LogP contribution >= 0.6 is 0 Å². The first kappa shape index (κ1) is 26.7. The quantitative estimate of drug-likeness (QED) is 0.331. The van der Waals surface area contributed by atoms with Gasteiger partial charge in [-0.15, -0.1) is 35.9 Å². The molecule has 4 heteroatoms. The number of fused-ring (bicyclic) bond motifs is 2. The predicted molar refractivity (Wildman–Crippen MR) is 129 cm³/mol. The molecular weight excluding hydrogens is 575 g/mol. The van der Waals surface area contributed by atoms with E-state index in [0.29, 0.717) is 11.8 Å². The third-order valence-corrected chi connectivity index (χ3v) is 6.72. The predicted octanol–water partition coefficient (Wildman–Crippen LogP) is 6.38. The van der Waals surface area contributed by atoms with Crippen molar-refractivity contribution in [2.24, 2.45) is 11.8 Å². The van der Waals surface area contributed by atoms with Crippen LogP contribution in [0.2, 0.25) is 0 Å². The van der Waals surface area contributed by atoms with E-state index in [2.05, 4.69) is 55.2 Å². The van der Waals surface area contributed by atoms with Crippen LogP contribution in [0.25, 0.3) is 22.0 Å². The number of pyridine rings is 1. The van der Waals surface area contributed by atoms with Crippen molar-refractivity contribution in [1.29, 1.82) is 0 Å². The number of nitrogens with zero attached hydrogens (tertiary/aromatic N) is 1. The van der Waals surface area contributed by atoms with Crippen molar-refractivity contribution in [3.8, 4) is 11.3 Å². The second-order valence-corrected chi connectivity index (χ2v) is 8.92. The molecule has 3 aromatic rings. The van der Waals surface area contributed by atoms with Gasteiger partial charge in [0.25, 0.3) is 0 Å². The summed E-state index contributed by atoms with van der Waals surface area (Å²) in [6.45, 7) is 4.43. The van der Waals surface area contributed by atoms with E-state index in [1.54, 1.807) is 0 Å². The Bertz CT molecular complexity index is 943. The maximum absolute atomic E-state index is 9.52. The van der Waals surface area contributed by atoms with Gasteiger partial charge in [-0.1, -0.05) is 51.3 Å². The largest absolute Gasteiger partial charge is 0.400 e. The molecule has 3 nitrogen and oxygen atoms in total. The summed E-state index contributed by atoms with van der Waals surface area (Å²) >= 11 is 0. The van der Waals surface area contributed by atoms with Gasteiger partial charge in [-0.05, 0) is 65.1 Å². The molecular formula is C28H36IrNO2-. The van der Waals surface area contributed by atoms with Crippen molar-refractivity contribution in [3.05, 3.63) is 66.4 Å². The van der Waals surface area contributed by atoms with E-state index in [1.807, 2.05) is 24.4 Å². The molecule has 1 aromatic heterocycles. The molecule has 175 valence electrons. The van der Waals surface area contributed by atoms with E-state index in [4.69, 9.17) is 5.11 Å². The molecule has 1 radical (unpaired) electrons. The summed E-state index contributed by atoms with van der Waals surface area (Å²) in [4.78, 5) is 4.55. The zero-order valence-corrected chi connectivity index (χ0v) is 21.8. The first-order valence-electron chi connectivity index (χ1n) is 11.6. The summed E-state index contributed by atoms with van der Waals surface area (Å²) < 4.78 is 0. The van der Waals surface area contributed by atoms with Gasteiger partial charge in [0.05, 0.1) is 6.10 Å². The van der Waals surface area contributed by atoms with Crippen LogP contribution in [0, 0.1) is 17.9 Å². The molecule has 0 amide bonds. The monoisotopic (exact) mass is 611 g/mol. The molecule has 5 rings (SSSR count). The zero-order chi connectivity index (χ0) is 22.2. The maximum atomic E-state index is 9.52. The molecule has 3 atom stereocenters. The van der Waals surface area contributed by atoms with Crippen LogP contribution in [0.15, 0.2) is 54.7 Å². The van der Waals surface area contributed by atoms with Crippen molar-refractivity contribution in [1.82, 2.24) is 4.98 Å². The summed E-state index contributed by atoms with van der Waals surface area (Å²) in [6.07, 6.45) is 9.76. The Balaban J connectivity index is 0.000000236. The van der Waals surface area contributed by atoms with E-state index < -0.39 is 0 Å². The molecule has 2 N–H and O–H groups in total. The van der Waals surface area contributed by atoms with Crippen LogP contribution in [-0.2, 0) is 20.1 Å². The van der Waals surface area contributed by atoms with Crippen molar-refractivity contribution in [2.75, 3.05) is 7.11 Å². The third kappa shape index (κ3) is 6.48. The van der Waals surface area contributed by atoms with Crippen LogP contribution in [-0.4, -0.2) is 28.4 Å². The number of aliphatic hydroxyl groups excluding tert-OH is 2. The minimum atomic E-state index is 0. The maximum Gasteiger partial charge on any atom is 0.0571 e. The molecule has 1 heterocycles. The van der Waals surface area contributed by atoms with Gasteiger partial charge in [0.1, 0.15) is 0 Å². The van der Waals surface area contributed by atoms with Gasteiger partial charge in [0.15, 0.2) is 0 Å². The topological polar surface area (TPSA) is 53.4 Å². The Labute approximate surface area is 206 Å². The first-order chi connectivity index (χ1) is 15.1. The molecule has 0 bridgehead atoms. The molecule has 32 heavy (non-hydrogen) atoms. The Hall–Kier alpha value is -1.58. The molecule has 2 aliphatic rings. The summed E-state index contributed by atoms with van der Waals surface area (Å²) in [5.74, 6) is 2.11. The zero-order valence-electron chi connectivity index (χ0n) is 19.4. The Morgan fingerprint density at radius 3 is 2.44 bits per heavy atom. The second-order valence-electron chi connectivity index (χ2n) is 8.92. The summed E-state index contributed by atoms with van der Waals surface area (Å²) in [5, 5.41) is 19.0. The minimum absolute atomic E-state index is 0. The van der Waals surface area contributed by atoms with E-state index >= 15 is 0 Å². The van der Waals surface area contributed by atoms with Gasteiger partial charge in [0, 0.05) is 33.4 Å². The third-order valence-electron chi connectivity index (χ3n) is 6.72. The number of benzene rings is 2. The molecule has 2 saturated carbocycles. The number of rotatable bonds is 2. The molecule has 0 aliphatic heterocycles. The SMILES string of the molecule is CC(C)c1ccc2ccnc(-c3[c-]cccc3)c2c1.CO.OC1CCC2CCCCC12.[Ir]. The molecule has 2 fully saturated rings. The van der Waals surface area contributed by atoms with Crippen LogP contribution < -0.4 is 0 Å². The van der Waals surface area contributed by atoms with Gasteiger partial charge >= 0.3 is 0 Å². The fourth-order valence-electron chi connectivity index (χ4n) is 5.00.